The number of hydrogen-bond donors (Lipinski definition) is 4. The number of carboxylic acid groups (broad SMARTS) is 3. The van der Waals surface area contributed by atoms with E-state index in [1.807, 2.05) is 109 Å². The number of rotatable bonds is 24. The van der Waals surface area contributed by atoms with E-state index in [2.05, 4.69) is 180 Å². The molecule has 5 aliphatic heterocycles. The number of esters is 1. The van der Waals surface area contributed by atoms with Gasteiger partial charge < -0.3 is 72.6 Å². The molecule has 129 heavy (non-hydrogen) atoms. The van der Waals surface area contributed by atoms with Crippen molar-refractivity contribution in [1.82, 2.24) is 45.4 Å². The molecule has 12 aromatic rings. The Labute approximate surface area is 747 Å². The molecule has 0 saturated carbocycles. The second kappa shape index (κ2) is 43.6. The zero-order chi connectivity index (χ0) is 91.0. The lowest BCUT2D eigenvalue weighted by Crippen LogP contribution is -2.41. The van der Waals surface area contributed by atoms with Crippen LogP contribution in [0.25, 0.3) is 33.4 Å². The lowest BCUT2D eigenvalue weighted by Gasteiger charge is -2.32. The standard InChI is InChI=1S/C30H32N4O4.C28H28N4O4.C20H20N4O3.C17H26BNO2.C2HF3O2/c1-3-37-30(35)28-29(34(32-31-28)21-22-10-14-26(36-2)15-11-22)38-27-16-12-23(13-17-27)24-8-7-9-25(20-24)33-18-5-4-6-19-33;1-35-24-12-8-20(9-13-24)19-32-27(26(28(33)34)29-30-32)36-25-14-10-21(11-15-25)22-6-5-7-23(18-22)31-16-3-2-4-17-31;25-20(26)18-19(22-23-21-18)27-17-9-7-14(8-10-17)15-5-4-6-16(13-15)24-11-2-1-3-12-24;1-16(2)17(3,4)21-18(20-16)14-9-8-10-15(13-14)19-11-6-5-7-12-19;3-2(4,5)1(6)7/h7-17,20H,3-6,18-19,21H2,1-2H3;5-15,18H,2-4,16-17,19H2,1H3,(H,33,34);4-10,13H,1-3,11-12H2,(H,25,26)(H,21,22,23);8-10,13H,5-7,11-12H2,1-4H3;(H,6,7). The number of hydrogen-bond acceptors (Lipinski definition) is 22. The van der Waals surface area contributed by atoms with Crippen LogP contribution in [0.5, 0.6) is 46.4 Å². The number of aliphatic carboxylic acids is 1. The molecule has 0 unspecified atom stereocenters. The van der Waals surface area contributed by atoms with Gasteiger partial charge in [0.05, 0.1) is 45.1 Å². The Hall–Kier alpha value is -13.7. The number of H-pyrrole nitrogens is 1. The molecule has 8 heterocycles. The molecule has 0 aliphatic carbocycles. The van der Waals surface area contributed by atoms with Crippen LogP contribution in [0.3, 0.4) is 0 Å². The summed E-state index contributed by atoms with van der Waals surface area (Å²) in [5, 5.41) is 51.3. The van der Waals surface area contributed by atoms with E-state index in [1.165, 1.54) is 104 Å². The first-order valence-corrected chi connectivity index (χ1v) is 43.4. The minimum absolute atomic E-state index is 0.0404. The van der Waals surface area contributed by atoms with Gasteiger partial charge in [-0.2, -0.15) is 13.2 Å². The number of carbonyl (C=O) groups is 4. The topological polar surface area (TPSA) is 319 Å². The number of nitrogens with one attached hydrogen (secondary N) is 1. The molecule has 0 bridgehead atoms. The molecule has 0 radical (unpaired) electrons. The Bertz CT molecular complexity index is 5660. The number of carboxylic acids is 3. The summed E-state index contributed by atoms with van der Waals surface area (Å²) in [6, 6.07) is 72.4. The fourth-order valence-corrected chi connectivity index (χ4v) is 15.3. The van der Waals surface area contributed by atoms with Crippen LogP contribution < -0.4 is 48.7 Å². The highest BCUT2D eigenvalue weighted by molar-refractivity contribution is 6.62. The number of nitrogens with zero attached hydrogens (tertiary/aromatic N) is 12. The van der Waals surface area contributed by atoms with Crippen molar-refractivity contribution in [3.05, 3.63) is 247 Å². The Kier molecular flexibility index (Phi) is 31.4. The van der Waals surface area contributed by atoms with E-state index in [-0.39, 0.29) is 59.6 Å². The molecule has 3 aromatic heterocycles. The quantitative estimate of drug-likeness (QED) is 0.0322. The molecular formula is C97H107BF3N13O15. The van der Waals surface area contributed by atoms with Crippen LogP contribution in [0, 0.1) is 0 Å². The highest BCUT2D eigenvalue weighted by Gasteiger charge is 2.52. The highest BCUT2D eigenvalue weighted by Crippen LogP contribution is 2.39. The predicted octanol–water partition coefficient (Wildman–Crippen LogP) is 19.0. The molecule has 0 amide bonds. The molecule has 674 valence electrons. The SMILES string of the molecule is CC1(C)OB(c2cccc(N3CCCCC3)c2)OC1(C)C.CCOC(=O)c1nnn(Cc2ccc(OC)cc2)c1Oc1ccc(-c2cccc(N3CCCCC3)c2)cc1.COc1ccc(Cn2nnc(C(=O)O)c2Oc2ccc(-c3cccc(N4CCCCC4)c3)cc2)cc1.O=C(O)C(F)(F)F.O=C(O)c1[nH]nnc1Oc1ccc(-c2cccc(N3CCCCC3)c2)cc1. The Morgan fingerprint density at radius 2 is 0.767 bits per heavy atom. The first-order valence-electron chi connectivity index (χ1n) is 43.4. The fourth-order valence-electron chi connectivity index (χ4n) is 15.3. The molecule has 5 saturated heterocycles. The van der Waals surface area contributed by atoms with E-state index < -0.39 is 30.1 Å². The number of ether oxygens (including phenoxy) is 6. The first kappa shape index (κ1) is 92.9. The number of aromatic carboxylic acids is 2. The minimum atomic E-state index is -5.08. The number of methoxy groups -OCH3 is 2. The van der Waals surface area contributed by atoms with Crippen molar-refractivity contribution in [2.24, 2.45) is 0 Å². The van der Waals surface area contributed by atoms with Gasteiger partial charge in [-0.1, -0.05) is 130 Å². The number of alkyl halides is 3. The van der Waals surface area contributed by atoms with Crippen LogP contribution in [0.1, 0.15) is 154 Å². The van der Waals surface area contributed by atoms with Crippen LogP contribution in [-0.2, 0) is 31.9 Å². The van der Waals surface area contributed by atoms with Gasteiger partial charge in [0.2, 0.25) is 17.1 Å². The van der Waals surface area contributed by atoms with E-state index >= 15 is 0 Å². The number of halogens is 3. The molecule has 28 nitrogen and oxygen atoms in total. The monoisotopic (exact) mass is 1760 g/mol. The predicted molar refractivity (Wildman–Crippen MR) is 486 cm³/mol. The zero-order valence-electron chi connectivity index (χ0n) is 73.4. The lowest BCUT2D eigenvalue weighted by molar-refractivity contribution is -0.192. The van der Waals surface area contributed by atoms with Gasteiger partial charge in [0.15, 0.2) is 0 Å². The van der Waals surface area contributed by atoms with Gasteiger partial charge in [-0.15, -0.1) is 10.2 Å². The Morgan fingerprint density at radius 1 is 0.426 bits per heavy atom. The lowest BCUT2D eigenvalue weighted by atomic mass is 9.79. The summed E-state index contributed by atoms with van der Waals surface area (Å²) in [5.74, 6) is -2.35. The van der Waals surface area contributed by atoms with Crippen molar-refractivity contribution in [3.8, 4) is 79.8 Å². The Balaban J connectivity index is 0.000000146. The molecular weight excluding hydrogens is 1650 g/mol. The van der Waals surface area contributed by atoms with Crippen molar-refractivity contribution in [3.63, 3.8) is 0 Å². The van der Waals surface area contributed by atoms with Crippen molar-refractivity contribution >= 4 is 59.2 Å². The first-order chi connectivity index (χ1) is 62.3. The Morgan fingerprint density at radius 3 is 1.12 bits per heavy atom. The smallest absolute Gasteiger partial charge is 0.494 e. The summed E-state index contributed by atoms with van der Waals surface area (Å²) >= 11 is 0. The van der Waals surface area contributed by atoms with Crippen LogP contribution in [-0.4, -0.2) is 182 Å². The molecule has 5 fully saturated rings. The highest BCUT2D eigenvalue weighted by atomic mass is 19.4. The van der Waals surface area contributed by atoms with Gasteiger partial charge in [-0.05, 0) is 271 Å². The van der Waals surface area contributed by atoms with Crippen LogP contribution >= 0.6 is 0 Å². The summed E-state index contributed by atoms with van der Waals surface area (Å²) in [6.45, 7) is 20.0. The largest absolute Gasteiger partial charge is 0.497 e. The summed E-state index contributed by atoms with van der Waals surface area (Å²) in [5.41, 5.74) is 13.7. The average Bonchev–Trinajstić information content (AvgIpc) is 1.62. The number of benzene rings is 9. The van der Waals surface area contributed by atoms with Gasteiger partial charge in [0, 0.05) is 75.1 Å². The van der Waals surface area contributed by atoms with Gasteiger partial charge in [0.25, 0.3) is 17.6 Å². The maximum absolute atomic E-state index is 12.6. The number of anilines is 4. The molecule has 17 rings (SSSR count). The van der Waals surface area contributed by atoms with E-state index in [1.54, 1.807) is 38.0 Å². The van der Waals surface area contributed by atoms with E-state index in [4.69, 9.17) is 52.7 Å². The number of aromatic nitrogens is 9. The molecule has 9 aromatic carbocycles. The van der Waals surface area contributed by atoms with Crippen molar-refractivity contribution in [2.45, 2.75) is 142 Å². The van der Waals surface area contributed by atoms with Crippen LogP contribution in [0.2, 0.25) is 0 Å². The summed E-state index contributed by atoms with van der Waals surface area (Å²) in [7, 11) is 2.97. The third kappa shape index (κ3) is 24.9. The second-order valence-electron chi connectivity index (χ2n) is 32.5. The molecule has 5 aliphatic rings. The molecule has 4 N–H and O–H groups in total. The van der Waals surface area contributed by atoms with Gasteiger partial charge in [0.1, 0.15) is 28.7 Å². The van der Waals surface area contributed by atoms with E-state index in [0.717, 1.165) is 114 Å². The van der Waals surface area contributed by atoms with Crippen LogP contribution in [0.4, 0.5) is 35.9 Å². The number of aromatic amines is 1. The minimum Gasteiger partial charge on any atom is -0.497 e. The van der Waals surface area contributed by atoms with Gasteiger partial charge in [-0.25, -0.2) is 33.6 Å². The number of piperidine rings is 4. The van der Waals surface area contributed by atoms with E-state index in [9.17, 15) is 32.7 Å². The van der Waals surface area contributed by atoms with Crippen molar-refractivity contribution in [2.75, 3.05) is 92.8 Å². The van der Waals surface area contributed by atoms with Crippen LogP contribution in [0.15, 0.2) is 218 Å². The van der Waals surface area contributed by atoms with Crippen molar-refractivity contribution in [1.29, 1.82) is 0 Å². The number of carbonyl (C=O) groups excluding carboxylic acids is 1. The third-order valence-electron chi connectivity index (χ3n) is 23.0. The summed E-state index contributed by atoms with van der Waals surface area (Å²) in [4.78, 5) is 54.1. The normalized spacial score (nSPS) is 15.2. The van der Waals surface area contributed by atoms with E-state index in [0.29, 0.717) is 30.3 Å². The fraction of sp³-hybridized carbons (Fsp3) is 0.340. The molecule has 32 heteroatoms. The maximum Gasteiger partial charge on any atom is 0.494 e. The van der Waals surface area contributed by atoms with Gasteiger partial charge in [-0.3, -0.25) is 0 Å². The summed E-state index contributed by atoms with van der Waals surface area (Å²) in [6.07, 6.45) is 10.2. The zero-order valence-corrected chi connectivity index (χ0v) is 73.4. The second-order valence-corrected chi connectivity index (χ2v) is 32.5. The third-order valence-corrected chi connectivity index (χ3v) is 23.0. The average molecular weight is 1760 g/mol. The van der Waals surface area contributed by atoms with Gasteiger partial charge >= 0.3 is 37.2 Å². The molecule has 0 spiro atoms. The molecule has 0 atom stereocenters. The summed E-state index contributed by atoms with van der Waals surface area (Å²) < 4.78 is 80.4. The maximum atomic E-state index is 12.6. The van der Waals surface area contributed by atoms with Crippen molar-refractivity contribution < 1.29 is 85.4 Å².